The van der Waals surface area contributed by atoms with E-state index in [1.807, 2.05) is 0 Å². The number of nitrogens with two attached hydrogens (primary N) is 1. The van der Waals surface area contributed by atoms with Crippen molar-refractivity contribution in [3.63, 3.8) is 0 Å². The van der Waals surface area contributed by atoms with Gasteiger partial charge in [-0.05, 0) is 43.6 Å². The van der Waals surface area contributed by atoms with E-state index in [0.29, 0.717) is 5.41 Å². The molecule has 18 heavy (non-hydrogen) atoms. The summed E-state index contributed by atoms with van der Waals surface area (Å²) in [4.78, 5) is 0. The minimum atomic E-state index is 0.219. The molecule has 1 fully saturated rings. The van der Waals surface area contributed by atoms with E-state index in [4.69, 9.17) is 5.73 Å². The molecule has 0 aromatic heterocycles. The topological polar surface area (TPSA) is 38.0 Å². The van der Waals surface area contributed by atoms with Gasteiger partial charge in [-0.1, -0.05) is 47.0 Å². The molecule has 1 aliphatic rings. The molecule has 0 amide bonds. The van der Waals surface area contributed by atoms with Crippen LogP contribution in [-0.2, 0) is 0 Å². The van der Waals surface area contributed by atoms with Gasteiger partial charge in [-0.3, -0.25) is 0 Å². The molecule has 1 unspecified atom stereocenters. The van der Waals surface area contributed by atoms with E-state index in [2.05, 4.69) is 33.0 Å². The zero-order chi connectivity index (χ0) is 13.6. The van der Waals surface area contributed by atoms with Crippen LogP contribution in [0.2, 0.25) is 0 Å². The zero-order valence-corrected chi connectivity index (χ0v) is 13.0. The van der Waals surface area contributed by atoms with Gasteiger partial charge in [0.25, 0.3) is 0 Å². The molecule has 0 aliphatic heterocycles. The normalized spacial score (nSPS) is 28.3. The van der Waals surface area contributed by atoms with Crippen LogP contribution < -0.4 is 11.1 Å². The monoisotopic (exact) mass is 254 g/mol. The largest absolute Gasteiger partial charge is 0.329 e. The van der Waals surface area contributed by atoms with Crippen LogP contribution in [0.5, 0.6) is 0 Å². The van der Waals surface area contributed by atoms with Gasteiger partial charge in [0.05, 0.1) is 0 Å². The van der Waals surface area contributed by atoms with Gasteiger partial charge in [-0.25, -0.2) is 0 Å². The van der Waals surface area contributed by atoms with Crippen LogP contribution in [0, 0.1) is 11.3 Å². The minimum absolute atomic E-state index is 0.219. The van der Waals surface area contributed by atoms with Crippen LogP contribution in [-0.4, -0.2) is 18.6 Å². The maximum absolute atomic E-state index is 6.10. The first-order valence-corrected chi connectivity index (χ1v) is 7.92. The summed E-state index contributed by atoms with van der Waals surface area (Å²) in [6.07, 6.45) is 9.02. The van der Waals surface area contributed by atoms with Gasteiger partial charge >= 0.3 is 0 Å². The molecule has 0 heterocycles. The fourth-order valence-electron chi connectivity index (χ4n) is 3.12. The Labute approximate surface area is 114 Å². The maximum Gasteiger partial charge on any atom is 0.0304 e. The highest BCUT2D eigenvalue weighted by molar-refractivity contribution is 4.94. The number of hydrogen-bond acceptors (Lipinski definition) is 2. The molecule has 1 atom stereocenters. The first kappa shape index (κ1) is 16.0. The third-order valence-electron chi connectivity index (χ3n) is 5.10. The molecule has 2 heteroatoms. The molecular weight excluding hydrogens is 220 g/mol. The highest BCUT2D eigenvalue weighted by atomic mass is 15.0. The van der Waals surface area contributed by atoms with Crippen molar-refractivity contribution in [1.82, 2.24) is 5.32 Å². The van der Waals surface area contributed by atoms with Gasteiger partial charge in [0.2, 0.25) is 0 Å². The summed E-state index contributed by atoms with van der Waals surface area (Å²) >= 11 is 0. The van der Waals surface area contributed by atoms with Gasteiger partial charge in [0.1, 0.15) is 0 Å². The summed E-state index contributed by atoms with van der Waals surface area (Å²) in [7, 11) is 0. The first-order chi connectivity index (χ1) is 8.47. The van der Waals surface area contributed by atoms with E-state index < -0.39 is 0 Å². The van der Waals surface area contributed by atoms with E-state index in [-0.39, 0.29) is 5.54 Å². The molecule has 0 spiro atoms. The second-order valence-corrected chi connectivity index (χ2v) is 7.07. The van der Waals surface area contributed by atoms with Crippen LogP contribution in [0.1, 0.15) is 72.6 Å². The van der Waals surface area contributed by atoms with E-state index in [1.54, 1.807) is 0 Å². The summed E-state index contributed by atoms with van der Waals surface area (Å²) in [5, 5.41) is 3.84. The van der Waals surface area contributed by atoms with Crippen LogP contribution >= 0.6 is 0 Å². The summed E-state index contributed by atoms with van der Waals surface area (Å²) in [6, 6.07) is 0. The fourth-order valence-corrected chi connectivity index (χ4v) is 3.12. The molecule has 3 N–H and O–H groups in total. The third kappa shape index (κ3) is 4.55. The molecule has 1 rings (SSSR count). The predicted molar refractivity (Wildman–Crippen MR) is 80.7 cm³/mol. The first-order valence-electron chi connectivity index (χ1n) is 7.92. The van der Waals surface area contributed by atoms with E-state index in [9.17, 15) is 0 Å². The van der Waals surface area contributed by atoms with Crippen molar-refractivity contribution >= 4 is 0 Å². The van der Waals surface area contributed by atoms with Gasteiger partial charge < -0.3 is 11.1 Å². The van der Waals surface area contributed by atoms with Crippen molar-refractivity contribution < 1.29 is 0 Å². The second-order valence-electron chi connectivity index (χ2n) is 7.07. The number of hydrogen-bond donors (Lipinski definition) is 2. The van der Waals surface area contributed by atoms with Crippen molar-refractivity contribution in [2.75, 3.05) is 13.1 Å². The van der Waals surface area contributed by atoms with Gasteiger partial charge in [-0.2, -0.15) is 0 Å². The second kappa shape index (κ2) is 6.91. The lowest BCUT2D eigenvalue weighted by molar-refractivity contribution is 0.251. The molecule has 1 saturated carbocycles. The van der Waals surface area contributed by atoms with Crippen molar-refractivity contribution in [1.29, 1.82) is 0 Å². The molecule has 1 aliphatic carbocycles. The Balaban J connectivity index is 2.56. The molecule has 0 bridgehead atoms. The summed E-state index contributed by atoms with van der Waals surface area (Å²) < 4.78 is 0. The SMILES string of the molecule is CCC(CC)CNC1(CN)CCCC(C)(C)CC1. The number of nitrogens with one attached hydrogen (secondary N) is 1. The Hall–Kier alpha value is -0.0800. The minimum Gasteiger partial charge on any atom is -0.329 e. The molecule has 0 radical (unpaired) electrons. The van der Waals surface area contributed by atoms with E-state index in [1.165, 1.54) is 44.9 Å². The molecule has 2 nitrogen and oxygen atoms in total. The summed E-state index contributed by atoms with van der Waals surface area (Å²) in [5.74, 6) is 0.810. The molecular formula is C16H34N2. The van der Waals surface area contributed by atoms with Crippen molar-refractivity contribution in [2.24, 2.45) is 17.1 Å². The lowest BCUT2D eigenvalue weighted by Crippen LogP contribution is -2.52. The van der Waals surface area contributed by atoms with Crippen molar-refractivity contribution in [3.8, 4) is 0 Å². The quantitative estimate of drug-likeness (QED) is 0.709. The Morgan fingerprint density at radius 3 is 2.28 bits per heavy atom. The Morgan fingerprint density at radius 1 is 1.06 bits per heavy atom. The van der Waals surface area contributed by atoms with Crippen LogP contribution in [0.25, 0.3) is 0 Å². The molecule has 0 aromatic rings. The van der Waals surface area contributed by atoms with Crippen molar-refractivity contribution in [3.05, 3.63) is 0 Å². The van der Waals surface area contributed by atoms with E-state index >= 15 is 0 Å². The lowest BCUT2D eigenvalue weighted by atomic mass is 9.83. The highest BCUT2D eigenvalue weighted by Crippen LogP contribution is 2.37. The summed E-state index contributed by atoms with van der Waals surface area (Å²) in [5.41, 5.74) is 6.83. The van der Waals surface area contributed by atoms with Gasteiger partial charge in [0.15, 0.2) is 0 Å². The fraction of sp³-hybridized carbons (Fsp3) is 1.00. The number of rotatable bonds is 6. The van der Waals surface area contributed by atoms with Gasteiger partial charge in [-0.15, -0.1) is 0 Å². The van der Waals surface area contributed by atoms with E-state index in [0.717, 1.165) is 19.0 Å². The highest BCUT2D eigenvalue weighted by Gasteiger charge is 2.34. The lowest BCUT2D eigenvalue weighted by Gasteiger charge is -2.35. The molecule has 0 saturated heterocycles. The maximum atomic E-state index is 6.10. The van der Waals surface area contributed by atoms with Crippen LogP contribution in [0.3, 0.4) is 0 Å². The zero-order valence-electron chi connectivity index (χ0n) is 13.0. The Bertz CT molecular complexity index is 233. The average Bonchev–Trinajstić information content (AvgIpc) is 2.50. The Kier molecular flexibility index (Phi) is 6.13. The molecule has 108 valence electrons. The smallest absolute Gasteiger partial charge is 0.0304 e. The average molecular weight is 254 g/mol. The Morgan fingerprint density at radius 2 is 1.72 bits per heavy atom. The van der Waals surface area contributed by atoms with Crippen molar-refractivity contribution in [2.45, 2.75) is 78.2 Å². The predicted octanol–water partition coefficient (Wildman–Crippen LogP) is 3.70. The molecule has 0 aromatic carbocycles. The summed E-state index contributed by atoms with van der Waals surface area (Å²) in [6.45, 7) is 11.3. The standard InChI is InChI=1S/C16H34N2/c1-5-14(6-2)12-18-16(13-17)9-7-8-15(3,4)10-11-16/h14,18H,5-13,17H2,1-4H3. The van der Waals surface area contributed by atoms with Crippen LogP contribution in [0.4, 0.5) is 0 Å². The van der Waals surface area contributed by atoms with Crippen LogP contribution in [0.15, 0.2) is 0 Å². The van der Waals surface area contributed by atoms with Gasteiger partial charge in [0, 0.05) is 12.1 Å². The third-order valence-corrected chi connectivity index (χ3v) is 5.10.